The van der Waals surface area contributed by atoms with E-state index < -0.39 is 43.0 Å². The molecule has 17 heavy (non-hydrogen) atoms. The molecular formula is C7H4F8O2. The average Bonchev–Trinajstić information content (AvgIpc) is 2.15. The first-order chi connectivity index (χ1) is 7.50. The van der Waals surface area contributed by atoms with E-state index in [1.165, 1.54) is 0 Å². The average molecular weight is 272 g/mol. The largest absolute Gasteiger partial charge is 0.465 e. The van der Waals surface area contributed by atoms with E-state index in [9.17, 15) is 39.9 Å². The van der Waals surface area contributed by atoms with E-state index in [2.05, 4.69) is 4.74 Å². The van der Waals surface area contributed by atoms with Crippen molar-refractivity contribution in [3.05, 3.63) is 11.9 Å². The quantitative estimate of drug-likeness (QED) is 0.580. The predicted octanol–water partition coefficient (Wildman–Crippen LogP) is 3.19. The number of ether oxygens (including phenoxy) is 1. The number of hydrogen-bond donors (Lipinski definition) is 0. The molecule has 0 heterocycles. The second-order valence-corrected chi connectivity index (χ2v) is 2.62. The molecule has 0 saturated heterocycles. The van der Waals surface area contributed by atoms with Gasteiger partial charge in [0.2, 0.25) is 0 Å². The fourth-order valence-corrected chi connectivity index (χ4v) is 0.534. The van der Waals surface area contributed by atoms with Crippen LogP contribution in [-0.4, -0.2) is 24.7 Å². The van der Waals surface area contributed by atoms with Crippen molar-refractivity contribution in [2.75, 3.05) is 6.61 Å². The van der Waals surface area contributed by atoms with Crippen LogP contribution < -0.4 is 0 Å². The van der Waals surface area contributed by atoms with Gasteiger partial charge in [0, 0.05) is 6.42 Å². The van der Waals surface area contributed by atoms with E-state index in [0.29, 0.717) is 0 Å². The van der Waals surface area contributed by atoms with Crippen molar-refractivity contribution < 1.29 is 44.7 Å². The van der Waals surface area contributed by atoms with Crippen molar-refractivity contribution in [1.82, 2.24) is 0 Å². The first-order valence-corrected chi connectivity index (χ1v) is 3.81. The first kappa shape index (κ1) is 15.7. The minimum atomic E-state index is -6.16. The molecule has 0 aromatic carbocycles. The molecule has 0 atom stereocenters. The van der Waals surface area contributed by atoms with Gasteiger partial charge >= 0.3 is 24.1 Å². The summed E-state index contributed by atoms with van der Waals surface area (Å²) >= 11 is 0. The summed E-state index contributed by atoms with van der Waals surface area (Å²) in [5.74, 6) is -10.8. The molecule has 0 aliphatic carbocycles. The van der Waals surface area contributed by atoms with E-state index in [1.54, 1.807) is 0 Å². The van der Waals surface area contributed by atoms with Gasteiger partial charge in [-0.25, -0.2) is 9.18 Å². The second-order valence-electron chi connectivity index (χ2n) is 2.62. The van der Waals surface area contributed by atoms with E-state index in [1.807, 2.05) is 0 Å². The Morgan fingerprint density at radius 1 is 1.00 bits per heavy atom. The van der Waals surface area contributed by atoms with Crippen LogP contribution in [0.3, 0.4) is 0 Å². The molecule has 0 radical (unpaired) electrons. The van der Waals surface area contributed by atoms with Gasteiger partial charge in [-0.3, -0.25) is 0 Å². The third-order valence-electron chi connectivity index (χ3n) is 1.37. The third-order valence-corrected chi connectivity index (χ3v) is 1.37. The molecule has 0 aliphatic heterocycles. The molecular weight excluding hydrogens is 268 g/mol. The number of rotatable bonds is 4. The van der Waals surface area contributed by atoms with Crippen molar-refractivity contribution in [3.8, 4) is 0 Å². The van der Waals surface area contributed by atoms with Gasteiger partial charge in [-0.05, 0) is 0 Å². The van der Waals surface area contributed by atoms with E-state index in [-0.39, 0.29) is 0 Å². The maximum Gasteiger partial charge on any atom is 0.465 e. The monoisotopic (exact) mass is 272 g/mol. The van der Waals surface area contributed by atoms with E-state index in [0.717, 1.165) is 0 Å². The molecule has 0 aromatic rings. The van der Waals surface area contributed by atoms with Crippen molar-refractivity contribution in [1.29, 1.82) is 0 Å². The first-order valence-electron chi connectivity index (χ1n) is 3.81. The van der Waals surface area contributed by atoms with Crippen LogP contribution in [-0.2, 0) is 9.53 Å². The zero-order valence-corrected chi connectivity index (χ0v) is 7.75. The Morgan fingerprint density at radius 3 is 1.82 bits per heavy atom. The molecule has 0 fully saturated rings. The molecule has 0 saturated carbocycles. The number of halogens is 8. The minimum Gasteiger partial charge on any atom is -0.461 e. The van der Waals surface area contributed by atoms with Crippen LogP contribution >= 0.6 is 0 Å². The van der Waals surface area contributed by atoms with Crippen LogP contribution in [0.15, 0.2) is 11.9 Å². The van der Waals surface area contributed by atoms with Gasteiger partial charge in [0.15, 0.2) is 5.83 Å². The van der Waals surface area contributed by atoms with Gasteiger partial charge < -0.3 is 4.74 Å². The Balaban J connectivity index is 4.35. The lowest BCUT2D eigenvalue weighted by Crippen LogP contribution is -2.45. The molecule has 0 aliphatic rings. The molecule has 0 spiro atoms. The highest BCUT2D eigenvalue weighted by molar-refractivity contribution is 5.78. The zero-order chi connectivity index (χ0) is 13.9. The normalized spacial score (nSPS) is 12.2. The van der Waals surface area contributed by atoms with Gasteiger partial charge in [-0.2, -0.15) is 30.7 Å². The number of carbonyl (C=O) groups excluding carboxylic acids is 1. The molecule has 0 rings (SSSR count). The molecule has 2 nitrogen and oxygen atoms in total. The Bertz CT molecular complexity index is 314. The fraction of sp³-hybridized carbons (Fsp3) is 0.571. The van der Waals surface area contributed by atoms with Crippen LogP contribution in [0.2, 0.25) is 0 Å². The lowest BCUT2D eigenvalue weighted by molar-refractivity contribution is -0.280. The smallest absolute Gasteiger partial charge is 0.461 e. The van der Waals surface area contributed by atoms with Crippen LogP contribution in [0, 0.1) is 0 Å². The van der Waals surface area contributed by atoms with Crippen molar-refractivity contribution in [3.63, 3.8) is 0 Å². The van der Waals surface area contributed by atoms with Crippen LogP contribution in [0.5, 0.6) is 0 Å². The molecule has 0 amide bonds. The summed E-state index contributed by atoms with van der Waals surface area (Å²) in [7, 11) is 0. The highest BCUT2D eigenvalue weighted by Crippen LogP contribution is 2.36. The summed E-state index contributed by atoms with van der Waals surface area (Å²) in [5.41, 5.74) is 0. The van der Waals surface area contributed by atoms with Crippen molar-refractivity contribution >= 4 is 5.97 Å². The summed E-state index contributed by atoms with van der Waals surface area (Å²) < 4.78 is 97.1. The number of carbonyl (C=O) groups is 1. The lowest BCUT2D eigenvalue weighted by atomic mass is 10.3. The Kier molecular flexibility index (Phi) is 4.90. The Morgan fingerprint density at radius 2 is 1.47 bits per heavy atom. The van der Waals surface area contributed by atoms with Gasteiger partial charge in [0.05, 0.1) is 6.61 Å². The van der Waals surface area contributed by atoms with Gasteiger partial charge in [-0.1, -0.05) is 0 Å². The topological polar surface area (TPSA) is 26.3 Å². The summed E-state index contributed by atoms with van der Waals surface area (Å²) in [6, 6.07) is 0. The third kappa shape index (κ3) is 4.19. The molecule has 0 unspecified atom stereocenters. The van der Waals surface area contributed by atoms with E-state index >= 15 is 0 Å². The number of esters is 1. The standard InChI is InChI=1S/C7H4F8O2/c8-3(4(9)10)1-2-17-5(16)6(11,12)7(13,14)15/h1-2H2. The van der Waals surface area contributed by atoms with Gasteiger partial charge in [-0.15, -0.1) is 0 Å². The lowest BCUT2D eigenvalue weighted by Gasteiger charge is -2.17. The van der Waals surface area contributed by atoms with Gasteiger partial charge in [0.1, 0.15) is 0 Å². The van der Waals surface area contributed by atoms with Crippen LogP contribution in [0.4, 0.5) is 35.1 Å². The summed E-state index contributed by atoms with van der Waals surface area (Å²) in [5, 5.41) is 0. The summed E-state index contributed by atoms with van der Waals surface area (Å²) in [6.45, 7) is -1.35. The molecule has 10 heteroatoms. The van der Waals surface area contributed by atoms with Crippen molar-refractivity contribution in [2.45, 2.75) is 18.5 Å². The minimum absolute atomic E-state index is 1.29. The highest BCUT2D eigenvalue weighted by Gasteiger charge is 2.64. The SMILES string of the molecule is O=C(OCCC(F)=C(F)F)C(F)(F)C(F)(F)F. The Hall–Kier alpha value is -1.35. The van der Waals surface area contributed by atoms with Crippen LogP contribution in [0.1, 0.15) is 6.42 Å². The maximum atomic E-state index is 12.2. The summed E-state index contributed by atoms with van der Waals surface area (Å²) in [4.78, 5) is 10.2. The van der Waals surface area contributed by atoms with Gasteiger partial charge in [0.25, 0.3) is 0 Å². The highest BCUT2D eigenvalue weighted by atomic mass is 19.4. The molecule has 0 N–H and O–H groups in total. The maximum absolute atomic E-state index is 12.2. The predicted molar refractivity (Wildman–Crippen MR) is 36.9 cm³/mol. The fourth-order valence-electron chi connectivity index (χ4n) is 0.534. The summed E-state index contributed by atoms with van der Waals surface area (Å²) in [6.07, 6.45) is -10.2. The van der Waals surface area contributed by atoms with Crippen molar-refractivity contribution in [2.24, 2.45) is 0 Å². The Labute approximate surface area is 88.8 Å². The zero-order valence-electron chi connectivity index (χ0n) is 7.75. The molecule has 0 bridgehead atoms. The number of hydrogen-bond acceptors (Lipinski definition) is 2. The van der Waals surface area contributed by atoms with Crippen LogP contribution in [0.25, 0.3) is 0 Å². The molecule has 100 valence electrons. The number of alkyl halides is 5. The second kappa shape index (κ2) is 5.32. The molecule has 0 aromatic heterocycles. The van der Waals surface area contributed by atoms with E-state index in [4.69, 9.17) is 0 Å².